The fraction of sp³-hybridized carbons (Fsp3) is 0.900. The second-order valence-corrected chi connectivity index (χ2v) is 8.13. The van der Waals surface area contributed by atoms with Gasteiger partial charge in [-0.1, -0.05) is 26.2 Å². The molecule has 2 N–H and O–H groups in total. The highest BCUT2D eigenvalue weighted by Gasteiger charge is 2.32. The normalized spacial score (nSPS) is 28.5. The molecule has 2 aliphatic heterocycles. The molecule has 1 amide bonds. The monoisotopic (exact) mass is 363 g/mol. The van der Waals surface area contributed by atoms with Gasteiger partial charge in [0.1, 0.15) is 0 Å². The van der Waals surface area contributed by atoms with E-state index in [0.717, 1.165) is 51.4 Å². The van der Waals surface area contributed by atoms with Crippen LogP contribution in [0.5, 0.6) is 0 Å². The topological polar surface area (TPSA) is 60.0 Å². The number of hydrogen-bond acceptors (Lipinski definition) is 3. The minimum atomic E-state index is 0.280. The number of nitrogens with one attached hydrogen (secondary N) is 2. The third-order valence-electron chi connectivity index (χ3n) is 6.43. The van der Waals surface area contributed by atoms with Gasteiger partial charge in [0, 0.05) is 44.7 Å². The highest BCUT2D eigenvalue weighted by Crippen LogP contribution is 2.26. The van der Waals surface area contributed by atoms with Gasteiger partial charge >= 0.3 is 0 Å². The number of nitrogens with zero attached hydrogens (tertiary/aromatic N) is 3. The maximum absolute atomic E-state index is 12.7. The van der Waals surface area contributed by atoms with E-state index in [-0.39, 0.29) is 5.92 Å². The first kappa shape index (κ1) is 19.5. The first-order valence-corrected chi connectivity index (χ1v) is 10.7. The van der Waals surface area contributed by atoms with Crippen LogP contribution in [0.2, 0.25) is 0 Å². The van der Waals surface area contributed by atoms with E-state index in [1.165, 1.54) is 38.6 Å². The minimum absolute atomic E-state index is 0.280. The largest absolute Gasteiger partial charge is 0.355 e. The third kappa shape index (κ3) is 4.90. The lowest BCUT2D eigenvalue weighted by molar-refractivity contribution is -0.135. The molecule has 3 rings (SSSR count). The van der Waals surface area contributed by atoms with Crippen LogP contribution in [0.4, 0.5) is 0 Å². The molecule has 0 aromatic carbocycles. The first-order valence-electron chi connectivity index (χ1n) is 10.7. The van der Waals surface area contributed by atoms with Gasteiger partial charge in [0.05, 0.1) is 0 Å². The van der Waals surface area contributed by atoms with Crippen molar-refractivity contribution in [3.05, 3.63) is 0 Å². The molecule has 2 atom stereocenters. The summed E-state index contributed by atoms with van der Waals surface area (Å²) < 4.78 is 0. The molecule has 2 unspecified atom stereocenters. The molecule has 2 heterocycles. The van der Waals surface area contributed by atoms with Crippen LogP contribution in [0.15, 0.2) is 4.99 Å². The quantitative estimate of drug-likeness (QED) is 0.578. The Bertz CT molecular complexity index is 489. The Kier molecular flexibility index (Phi) is 7.17. The molecule has 3 fully saturated rings. The van der Waals surface area contributed by atoms with E-state index in [1.54, 1.807) is 0 Å². The van der Waals surface area contributed by atoms with Crippen LogP contribution in [0.25, 0.3) is 0 Å². The van der Waals surface area contributed by atoms with Crippen molar-refractivity contribution in [3.63, 3.8) is 0 Å². The number of carbonyl (C=O) groups is 1. The van der Waals surface area contributed by atoms with Gasteiger partial charge in [0.25, 0.3) is 0 Å². The molecule has 1 saturated carbocycles. The Balaban J connectivity index is 1.42. The molecule has 0 radical (unpaired) electrons. The van der Waals surface area contributed by atoms with Crippen molar-refractivity contribution in [1.82, 2.24) is 20.4 Å². The van der Waals surface area contributed by atoms with Gasteiger partial charge in [-0.3, -0.25) is 14.7 Å². The number of likely N-dealkylation sites (tertiary alicyclic amines) is 2. The van der Waals surface area contributed by atoms with E-state index < -0.39 is 0 Å². The van der Waals surface area contributed by atoms with Gasteiger partial charge in [-0.2, -0.15) is 0 Å². The average Bonchev–Trinajstić information content (AvgIpc) is 3.34. The molecule has 0 aromatic heterocycles. The standard InChI is InChI=1S/C20H37N5O/c1-3-24-12-7-10-18(24)14-22-20(21-2)23-17-11-13-25(15-17)19(26)16-8-5-4-6-9-16/h16-18H,3-15H2,1-2H3,(H2,21,22,23). The summed E-state index contributed by atoms with van der Waals surface area (Å²) in [4.78, 5) is 21.7. The van der Waals surface area contributed by atoms with Crippen molar-refractivity contribution in [2.75, 3.05) is 39.8 Å². The van der Waals surface area contributed by atoms with Gasteiger partial charge in [-0.25, -0.2) is 0 Å². The summed E-state index contributed by atoms with van der Waals surface area (Å²) in [5.74, 6) is 1.55. The fourth-order valence-electron chi connectivity index (χ4n) is 4.83. The molecule has 0 spiro atoms. The van der Waals surface area contributed by atoms with Crippen LogP contribution < -0.4 is 10.6 Å². The number of rotatable bonds is 5. The second kappa shape index (κ2) is 9.58. The zero-order valence-corrected chi connectivity index (χ0v) is 16.7. The molecular formula is C20H37N5O. The first-order chi connectivity index (χ1) is 12.7. The van der Waals surface area contributed by atoms with Gasteiger partial charge in [0.15, 0.2) is 5.96 Å². The molecule has 6 heteroatoms. The lowest BCUT2D eigenvalue weighted by atomic mass is 9.88. The van der Waals surface area contributed by atoms with Crippen molar-refractivity contribution in [1.29, 1.82) is 0 Å². The smallest absolute Gasteiger partial charge is 0.225 e. The summed E-state index contributed by atoms with van der Waals surface area (Å²) in [6, 6.07) is 0.936. The predicted molar refractivity (Wildman–Crippen MR) is 106 cm³/mol. The molecule has 26 heavy (non-hydrogen) atoms. The van der Waals surface area contributed by atoms with E-state index in [4.69, 9.17) is 0 Å². The van der Waals surface area contributed by atoms with Gasteiger partial charge in [-0.05, 0) is 45.2 Å². The summed E-state index contributed by atoms with van der Waals surface area (Å²) in [6.07, 6.45) is 9.50. The van der Waals surface area contributed by atoms with E-state index in [9.17, 15) is 4.79 Å². The van der Waals surface area contributed by atoms with Crippen LogP contribution in [0.3, 0.4) is 0 Å². The van der Waals surface area contributed by atoms with Gasteiger partial charge in [0.2, 0.25) is 5.91 Å². The van der Waals surface area contributed by atoms with Crippen LogP contribution in [0, 0.1) is 5.92 Å². The maximum Gasteiger partial charge on any atom is 0.225 e. The molecule has 6 nitrogen and oxygen atoms in total. The second-order valence-electron chi connectivity index (χ2n) is 8.13. The third-order valence-corrected chi connectivity index (χ3v) is 6.43. The molecule has 0 bridgehead atoms. The SMILES string of the molecule is CCN1CCCC1CNC(=NC)NC1CCN(C(=O)C2CCCCC2)C1. The Morgan fingerprint density at radius 1 is 1.08 bits per heavy atom. The zero-order chi connectivity index (χ0) is 18.4. The number of hydrogen-bond donors (Lipinski definition) is 2. The summed E-state index contributed by atoms with van der Waals surface area (Å²) >= 11 is 0. The lowest BCUT2D eigenvalue weighted by Gasteiger charge is -2.27. The molecule has 2 saturated heterocycles. The highest BCUT2D eigenvalue weighted by atomic mass is 16.2. The van der Waals surface area contributed by atoms with Crippen molar-refractivity contribution in [2.24, 2.45) is 10.9 Å². The molecule has 0 aromatic rings. The van der Waals surface area contributed by atoms with E-state index in [1.807, 2.05) is 7.05 Å². The zero-order valence-electron chi connectivity index (χ0n) is 16.7. The minimum Gasteiger partial charge on any atom is -0.355 e. The lowest BCUT2D eigenvalue weighted by Crippen LogP contribution is -2.48. The summed E-state index contributed by atoms with van der Waals surface area (Å²) in [5, 5.41) is 7.04. The van der Waals surface area contributed by atoms with Crippen molar-refractivity contribution >= 4 is 11.9 Å². The number of guanidine groups is 1. The predicted octanol–water partition coefficient (Wildman–Crippen LogP) is 1.82. The Hall–Kier alpha value is -1.30. The molecule has 1 aliphatic carbocycles. The Labute approximate surface area is 158 Å². The average molecular weight is 364 g/mol. The highest BCUT2D eigenvalue weighted by molar-refractivity contribution is 5.81. The number of amides is 1. The van der Waals surface area contributed by atoms with Crippen LogP contribution in [-0.2, 0) is 4.79 Å². The summed E-state index contributed by atoms with van der Waals surface area (Å²) in [6.45, 7) is 7.23. The fourth-order valence-corrected chi connectivity index (χ4v) is 4.83. The van der Waals surface area contributed by atoms with Gasteiger partial charge < -0.3 is 15.5 Å². The maximum atomic E-state index is 12.7. The van der Waals surface area contributed by atoms with Crippen LogP contribution >= 0.6 is 0 Å². The molecular weight excluding hydrogens is 326 g/mol. The summed E-state index contributed by atoms with van der Waals surface area (Å²) in [7, 11) is 1.83. The van der Waals surface area contributed by atoms with Gasteiger partial charge in [-0.15, -0.1) is 0 Å². The van der Waals surface area contributed by atoms with Crippen LogP contribution in [0.1, 0.15) is 58.3 Å². The molecule has 3 aliphatic rings. The number of aliphatic imine (C=N–C) groups is 1. The number of likely N-dealkylation sites (N-methyl/N-ethyl adjacent to an activating group) is 1. The molecule has 148 valence electrons. The van der Waals surface area contributed by atoms with E-state index in [0.29, 0.717) is 18.0 Å². The van der Waals surface area contributed by atoms with Crippen molar-refractivity contribution < 1.29 is 4.79 Å². The van der Waals surface area contributed by atoms with Crippen molar-refractivity contribution in [2.45, 2.75) is 70.4 Å². The Morgan fingerprint density at radius 3 is 2.62 bits per heavy atom. The van der Waals surface area contributed by atoms with Crippen molar-refractivity contribution in [3.8, 4) is 0 Å². The number of carbonyl (C=O) groups excluding carboxylic acids is 1. The van der Waals surface area contributed by atoms with E-state index in [2.05, 4.69) is 32.3 Å². The van der Waals surface area contributed by atoms with E-state index >= 15 is 0 Å². The Morgan fingerprint density at radius 2 is 1.88 bits per heavy atom. The summed E-state index contributed by atoms with van der Waals surface area (Å²) in [5.41, 5.74) is 0. The van der Waals surface area contributed by atoms with Crippen LogP contribution in [-0.4, -0.2) is 73.5 Å².